The third-order valence-electron chi connectivity index (χ3n) is 2.57. The third-order valence-corrected chi connectivity index (χ3v) is 2.86. The van der Waals surface area contributed by atoms with Gasteiger partial charge in [-0.3, -0.25) is 0 Å². The Balaban J connectivity index is 1.97. The summed E-state index contributed by atoms with van der Waals surface area (Å²) in [7, 11) is 0. The van der Waals surface area contributed by atoms with Gasteiger partial charge in [-0.25, -0.2) is 0 Å². The van der Waals surface area contributed by atoms with Crippen LogP contribution in [-0.4, -0.2) is 10.1 Å². The van der Waals surface area contributed by atoms with E-state index < -0.39 is 0 Å². The van der Waals surface area contributed by atoms with Crippen molar-refractivity contribution in [3.05, 3.63) is 40.5 Å². The molecule has 19 heavy (non-hydrogen) atoms. The average molecular weight is 282 g/mol. The number of nitrogens with zero attached hydrogens (tertiary/aromatic N) is 2. The molecule has 0 amide bonds. The van der Waals surface area contributed by atoms with Crippen molar-refractivity contribution >= 4 is 11.6 Å². The van der Waals surface area contributed by atoms with Gasteiger partial charge >= 0.3 is 0 Å². The summed E-state index contributed by atoms with van der Waals surface area (Å²) in [4.78, 5) is 4.21. The zero-order valence-corrected chi connectivity index (χ0v) is 11.5. The van der Waals surface area contributed by atoms with Crippen LogP contribution >= 0.6 is 11.6 Å². The fraction of sp³-hybridized carbons (Fsp3) is 0.385. The molecule has 0 saturated heterocycles. The topological polar surface area (TPSA) is 74.2 Å². The highest BCUT2D eigenvalue weighted by molar-refractivity contribution is 6.32. The number of nitrogens with two attached hydrogens (primary N) is 1. The quantitative estimate of drug-likeness (QED) is 0.881. The molecule has 0 aliphatic carbocycles. The highest BCUT2D eigenvalue weighted by Gasteiger charge is 2.08. The number of aromatic nitrogens is 2. The van der Waals surface area contributed by atoms with Crippen molar-refractivity contribution < 1.29 is 9.26 Å². The molecule has 2 N–H and O–H groups in total. The van der Waals surface area contributed by atoms with E-state index in [1.54, 1.807) is 12.1 Å². The number of rotatable bonds is 6. The van der Waals surface area contributed by atoms with Crippen LogP contribution in [-0.2, 0) is 19.6 Å². The van der Waals surface area contributed by atoms with Gasteiger partial charge in [0.25, 0.3) is 5.89 Å². The predicted octanol–water partition coefficient (Wildman–Crippen LogP) is 2.71. The molecule has 0 aliphatic heterocycles. The van der Waals surface area contributed by atoms with E-state index in [4.69, 9.17) is 26.6 Å². The number of aryl methyl sites for hydroxylation is 1. The lowest BCUT2D eigenvalue weighted by Crippen LogP contribution is -1.99. The second-order valence-corrected chi connectivity index (χ2v) is 4.52. The smallest absolute Gasteiger partial charge is 0.264 e. The van der Waals surface area contributed by atoms with Crippen LogP contribution in [0.3, 0.4) is 0 Å². The van der Waals surface area contributed by atoms with Gasteiger partial charge in [0.2, 0.25) is 0 Å². The molecule has 102 valence electrons. The second-order valence-electron chi connectivity index (χ2n) is 4.11. The maximum absolute atomic E-state index is 6.08. The summed E-state index contributed by atoms with van der Waals surface area (Å²) in [5.41, 5.74) is 6.49. The molecule has 2 aromatic rings. The molecule has 5 nitrogen and oxygen atoms in total. The second kappa shape index (κ2) is 6.54. The Morgan fingerprint density at radius 1 is 1.42 bits per heavy atom. The minimum atomic E-state index is 0.207. The van der Waals surface area contributed by atoms with Gasteiger partial charge in [-0.05, 0) is 24.1 Å². The van der Waals surface area contributed by atoms with Crippen LogP contribution in [0.4, 0.5) is 0 Å². The van der Waals surface area contributed by atoms with Crippen LogP contribution in [0.1, 0.15) is 30.6 Å². The average Bonchev–Trinajstić information content (AvgIpc) is 2.85. The van der Waals surface area contributed by atoms with E-state index in [0.29, 0.717) is 29.0 Å². The molecular weight excluding hydrogens is 266 g/mol. The number of hydrogen-bond acceptors (Lipinski definition) is 5. The van der Waals surface area contributed by atoms with E-state index in [-0.39, 0.29) is 6.61 Å². The first kappa shape index (κ1) is 13.8. The standard InChI is InChI=1S/C13H16ClN3O2/c1-2-3-12-16-13(19-17-12)8-18-11-5-4-9(7-15)6-10(11)14/h4-6H,2-3,7-8,15H2,1H3. The lowest BCUT2D eigenvalue weighted by molar-refractivity contribution is 0.242. The molecule has 1 aromatic heterocycles. The first-order valence-electron chi connectivity index (χ1n) is 6.15. The maximum atomic E-state index is 6.08. The molecule has 0 fully saturated rings. The maximum Gasteiger partial charge on any atom is 0.264 e. The van der Waals surface area contributed by atoms with Crippen molar-refractivity contribution in [2.45, 2.75) is 32.9 Å². The van der Waals surface area contributed by atoms with E-state index in [1.165, 1.54) is 0 Å². The molecule has 0 aliphatic rings. The minimum Gasteiger partial charge on any atom is -0.482 e. The number of benzene rings is 1. The largest absolute Gasteiger partial charge is 0.482 e. The van der Waals surface area contributed by atoms with Crippen LogP contribution in [0, 0.1) is 0 Å². The fourth-order valence-electron chi connectivity index (χ4n) is 1.60. The van der Waals surface area contributed by atoms with Crippen LogP contribution in [0.2, 0.25) is 5.02 Å². The Bertz CT molecular complexity index is 542. The summed E-state index contributed by atoms with van der Waals surface area (Å²) >= 11 is 6.08. The molecule has 0 radical (unpaired) electrons. The van der Waals surface area contributed by atoms with E-state index in [9.17, 15) is 0 Å². The van der Waals surface area contributed by atoms with Crippen molar-refractivity contribution in [2.75, 3.05) is 0 Å². The molecule has 0 unspecified atom stereocenters. The Labute approximate surface area is 116 Å². The molecule has 0 bridgehead atoms. The first-order chi connectivity index (χ1) is 9.22. The van der Waals surface area contributed by atoms with Crippen LogP contribution < -0.4 is 10.5 Å². The summed E-state index contributed by atoms with van der Waals surface area (Å²) < 4.78 is 10.6. The van der Waals surface area contributed by atoms with E-state index in [2.05, 4.69) is 17.1 Å². The lowest BCUT2D eigenvalue weighted by Gasteiger charge is -2.06. The molecule has 1 heterocycles. The Kier molecular flexibility index (Phi) is 4.76. The molecule has 0 spiro atoms. The minimum absolute atomic E-state index is 0.207. The zero-order chi connectivity index (χ0) is 13.7. The molecule has 0 atom stereocenters. The van der Waals surface area contributed by atoms with Gasteiger partial charge in [0, 0.05) is 13.0 Å². The molecular formula is C13H16ClN3O2. The Hall–Kier alpha value is -1.59. The normalized spacial score (nSPS) is 10.7. The summed E-state index contributed by atoms with van der Waals surface area (Å²) in [5, 5.41) is 4.38. The summed E-state index contributed by atoms with van der Waals surface area (Å²) in [6.07, 6.45) is 1.78. The fourth-order valence-corrected chi connectivity index (χ4v) is 1.86. The molecule has 2 rings (SSSR count). The highest BCUT2D eigenvalue weighted by atomic mass is 35.5. The van der Waals surface area contributed by atoms with Crippen LogP contribution in [0.15, 0.2) is 22.7 Å². The SMILES string of the molecule is CCCc1noc(COc2ccc(CN)cc2Cl)n1. The van der Waals surface area contributed by atoms with Crippen molar-refractivity contribution in [1.29, 1.82) is 0 Å². The monoisotopic (exact) mass is 281 g/mol. The van der Waals surface area contributed by atoms with Gasteiger partial charge in [0.15, 0.2) is 12.4 Å². The number of halogens is 1. The van der Waals surface area contributed by atoms with Gasteiger partial charge in [-0.15, -0.1) is 0 Å². The molecule has 6 heteroatoms. The number of hydrogen-bond donors (Lipinski definition) is 1. The van der Waals surface area contributed by atoms with Crippen LogP contribution in [0.25, 0.3) is 0 Å². The summed E-state index contributed by atoms with van der Waals surface area (Å²) in [6, 6.07) is 5.44. The van der Waals surface area contributed by atoms with Crippen molar-refractivity contribution in [3.63, 3.8) is 0 Å². The van der Waals surface area contributed by atoms with Crippen molar-refractivity contribution in [1.82, 2.24) is 10.1 Å². The summed E-state index contributed by atoms with van der Waals surface area (Å²) in [6.45, 7) is 2.72. The number of ether oxygens (including phenoxy) is 1. The van der Waals surface area contributed by atoms with Crippen LogP contribution in [0.5, 0.6) is 5.75 Å². The Morgan fingerprint density at radius 2 is 2.26 bits per heavy atom. The summed E-state index contributed by atoms with van der Waals surface area (Å²) in [5.74, 6) is 1.72. The van der Waals surface area contributed by atoms with Gasteiger partial charge in [0.05, 0.1) is 5.02 Å². The zero-order valence-electron chi connectivity index (χ0n) is 10.7. The highest BCUT2D eigenvalue weighted by Crippen LogP contribution is 2.26. The van der Waals surface area contributed by atoms with Gasteiger partial charge in [-0.2, -0.15) is 4.98 Å². The third kappa shape index (κ3) is 3.68. The van der Waals surface area contributed by atoms with Crippen molar-refractivity contribution in [3.8, 4) is 5.75 Å². The Morgan fingerprint density at radius 3 is 2.95 bits per heavy atom. The van der Waals surface area contributed by atoms with Gasteiger partial charge < -0.3 is 15.0 Å². The van der Waals surface area contributed by atoms with E-state index in [0.717, 1.165) is 18.4 Å². The van der Waals surface area contributed by atoms with Crippen molar-refractivity contribution in [2.24, 2.45) is 5.73 Å². The van der Waals surface area contributed by atoms with E-state index in [1.807, 2.05) is 6.07 Å². The molecule has 1 aromatic carbocycles. The van der Waals surface area contributed by atoms with Gasteiger partial charge in [0.1, 0.15) is 5.75 Å². The molecule has 0 saturated carbocycles. The van der Waals surface area contributed by atoms with Gasteiger partial charge in [-0.1, -0.05) is 29.7 Å². The lowest BCUT2D eigenvalue weighted by atomic mass is 10.2. The predicted molar refractivity (Wildman–Crippen MR) is 72.0 cm³/mol. The first-order valence-corrected chi connectivity index (χ1v) is 6.53. The van der Waals surface area contributed by atoms with E-state index >= 15 is 0 Å².